The fourth-order valence-electron chi connectivity index (χ4n) is 3.98. The molecule has 1 aromatic carbocycles. The van der Waals surface area contributed by atoms with Crippen molar-refractivity contribution in [2.75, 3.05) is 11.6 Å². The third-order valence-electron chi connectivity index (χ3n) is 5.65. The lowest BCUT2D eigenvalue weighted by Gasteiger charge is -2.20. The van der Waals surface area contributed by atoms with Gasteiger partial charge in [-0.3, -0.25) is 9.59 Å². The predicted molar refractivity (Wildman–Crippen MR) is 138 cm³/mol. The highest BCUT2D eigenvalue weighted by molar-refractivity contribution is 7.89. The maximum Gasteiger partial charge on any atom is 0.333 e. The number of halogens is 3. The maximum atomic E-state index is 13.3. The van der Waals surface area contributed by atoms with Crippen LogP contribution >= 0.6 is 11.6 Å². The zero-order chi connectivity index (χ0) is 27.9. The van der Waals surface area contributed by atoms with E-state index in [4.69, 9.17) is 16.0 Å². The Balaban J connectivity index is 1.83. The summed E-state index contributed by atoms with van der Waals surface area (Å²) in [6.45, 7) is 2.20. The first-order valence-electron chi connectivity index (χ1n) is 11.1. The molecule has 0 saturated carbocycles. The number of hydrogen-bond donors (Lipinski definition) is 2. The van der Waals surface area contributed by atoms with E-state index in [1.54, 1.807) is 26.0 Å². The summed E-state index contributed by atoms with van der Waals surface area (Å²) in [4.78, 5) is 29.8. The topological polar surface area (TPSA) is 136 Å². The molecular weight excluding hydrogens is 544 g/mol. The minimum absolute atomic E-state index is 0.0293. The smallest absolute Gasteiger partial charge is 0.333 e. The largest absolute Gasteiger partial charge is 0.455 e. The van der Waals surface area contributed by atoms with Gasteiger partial charge >= 0.3 is 6.55 Å². The number of carbonyl (C=O) groups is 1. The van der Waals surface area contributed by atoms with Crippen molar-refractivity contribution in [2.45, 2.75) is 33.4 Å². The minimum Gasteiger partial charge on any atom is -0.455 e. The van der Waals surface area contributed by atoms with E-state index in [0.29, 0.717) is 10.2 Å². The van der Waals surface area contributed by atoms with Gasteiger partial charge in [-0.25, -0.2) is 22.8 Å². The van der Waals surface area contributed by atoms with Gasteiger partial charge < -0.3 is 9.73 Å². The molecule has 3 aromatic heterocycles. The third-order valence-corrected chi connectivity index (χ3v) is 6.42. The number of aromatic nitrogens is 3. The van der Waals surface area contributed by atoms with Crippen LogP contribution in [0.5, 0.6) is 0 Å². The molecule has 1 amide bonds. The van der Waals surface area contributed by atoms with Gasteiger partial charge in [-0.2, -0.15) is 13.9 Å². The number of carbonyl (C=O) groups excluding carboxylic acids is 1. The highest BCUT2D eigenvalue weighted by Crippen LogP contribution is 2.33. The molecule has 4 rings (SSSR count). The summed E-state index contributed by atoms with van der Waals surface area (Å²) in [6, 6.07) is 5.71. The molecule has 0 bridgehead atoms. The fraction of sp³-hybridized carbons (Fsp3) is 0.250. The molecule has 0 spiro atoms. The summed E-state index contributed by atoms with van der Waals surface area (Å²) in [6.07, 6.45) is 3.10. The van der Waals surface area contributed by atoms with Crippen LogP contribution in [0.3, 0.4) is 0 Å². The van der Waals surface area contributed by atoms with Crippen molar-refractivity contribution < 1.29 is 26.4 Å². The van der Waals surface area contributed by atoms with Crippen LogP contribution in [0.15, 0.2) is 45.9 Å². The standard InChI is InChI=1S/C24H22ClF2N5O5S/c1-11-7-15(13(3)29-17-5-6-18(25)30-19(17)23(34)31-38(4,35)36)22-16(8-11)20(33)12(2)21(37-22)14-9-28-32(10-14)24(26)27/h5-10,13,24,29H,1-4H3,(H,31,34)/t13-/m1/s1. The van der Waals surface area contributed by atoms with E-state index < -0.39 is 28.5 Å². The van der Waals surface area contributed by atoms with Gasteiger partial charge in [0.2, 0.25) is 10.0 Å². The Bertz CT molecular complexity index is 1740. The van der Waals surface area contributed by atoms with Gasteiger partial charge in [0.15, 0.2) is 11.1 Å². The number of alkyl halides is 2. The van der Waals surface area contributed by atoms with Gasteiger partial charge in [-0.1, -0.05) is 17.7 Å². The Morgan fingerprint density at radius 3 is 2.55 bits per heavy atom. The first-order chi connectivity index (χ1) is 17.7. The van der Waals surface area contributed by atoms with Crippen LogP contribution in [0.2, 0.25) is 5.15 Å². The summed E-state index contributed by atoms with van der Waals surface area (Å²) in [5.74, 6) is -0.896. The summed E-state index contributed by atoms with van der Waals surface area (Å²) >= 11 is 5.94. The number of rotatable bonds is 7. The number of anilines is 1. The second-order valence-corrected chi connectivity index (χ2v) is 10.8. The molecule has 0 saturated heterocycles. The number of nitrogens with one attached hydrogen (secondary N) is 2. The van der Waals surface area contributed by atoms with Gasteiger partial charge in [0.25, 0.3) is 5.91 Å². The van der Waals surface area contributed by atoms with Crippen LogP contribution in [0.25, 0.3) is 22.3 Å². The number of amides is 1. The summed E-state index contributed by atoms with van der Waals surface area (Å²) in [5.41, 5.74) is 1.47. The van der Waals surface area contributed by atoms with E-state index in [-0.39, 0.29) is 49.8 Å². The Kier molecular flexibility index (Phi) is 7.26. The van der Waals surface area contributed by atoms with E-state index in [2.05, 4.69) is 15.4 Å². The minimum atomic E-state index is -3.87. The number of hydrogen-bond acceptors (Lipinski definition) is 8. The molecule has 10 nitrogen and oxygen atoms in total. The van der Waals surface area contributed by atoms with Crippen LogP contribution in [0, 0.1) is 13.8 Å². The first-order valence-corrected chi connectivity index (χ1v) is 13.4. The second kappa shape index (κ2) is 10.1. The molecule has 1 atom stereocenters. The Labute approximate surface area is 220 Å². The lowest BCUT2D eigenvalue weighted by molar-refractivity contribution is 0.0566. The fourth-order valence-corrected chi connectivity index (χ4v) is 4.56. The molecule has 0 fully saturated rings. The number of sulfonamides is 1. The first kappa shape index (κ1) is 27.2. The molecule has 38 heavy (non-hydrogen) atoms. The van der Waals surface area contributed by atoms with Gasteiger partial charge in [-0.15, -0.1) is 0 Å². The van der Waals surface area contributed by atoms with E-state index in [1.165, 1.54) is 25.3 Å². The van der Waals surface area contributed by atoms with Crippen molar-refractivity contribution in [3.63, 3.8) is 0 Å². The molecule has 14 heteroatoms. The molecule has 0 aliphatic heterocycles. The Morgan fingerprint density at radius 2 is 1.92 bits per heavy atom. The third kappa shape index (κ3) is 5.53. The molecule has 0 unspecified atom stereocenters. The van der Waals surface area contributed by atoms with E-state index >= 15 is 0 Å². The average Bonchev–Trinajstić information content (AvgIpc) is 3.31. The number of aryl methyl sites for hydroxylation is 1. The lowest BCUT2D eigenvalue weighted by atomic mass is 9.99. The zero-order valence-corrected chi connectivity index (χ0v) is 22.1. The number of pyridine rings is 1. The molecule has 2 N–H and O–H groups in total. The summed E-state index contributed by atoms with van der Waals surface area (Å²) in [7, 11) is -3.87. The highest BCUT2D eigenvalue weighted by Gasteiger charge is 2.23. The Morgan fingerprint density at radius 1 is 1.21 bits per heavy atom. The van der Waals surface area contributed by atoms with Crippen molar-refractivity contribution in [3.8, 4) is 11.3 Å². The highest BCUT2D eigenvalue weighted by atomic mass is 35.5. The number of benzene rings is 1. The van der Waals surface area contributed by atoms with Crippen molar-refractivity contribution in [3.05, 3.63) is 74.4 Å². The Hall–Kier alpha value is -3.84. The van der Waals surface area contributed by atoms with Crippen LogP contribution in [-0.2, 0) is 10.0 Å². The van der Waals surface area contributed by atoms with Gasteiger partial charge in [0.05, 0.1) is 35.1 Å². The summed E-state index contributed by atoms with van der Waals surface area (Å²) in [5, 5.41) is 6.97. The molecule has 4 aromatic rings. The van der Waals surface area contributed by atoms with E-state index in [0.717, 1.165) is 18.0 Å². The molecule has 0 radical (unpaired) electrons. The van der Waals surface area contributed by atoms with Crippen molar-refractivity contribution in [2.24, 2.45) is 0 Å². The van der Waals surface area contributed by atoms with Crippen LogP contribution < -0.4 is 15.5 Å². The van der Waals surface area contributed by atoms with Crippen LogP contribution in [0.4, 0.5) is 14.5 Å². The van der Waals surface area contributed by atoms with Gasteiger partial charge in [0.1, 0.15) is 16.5 Å². The number of nitrogens with zero attached hydrogens (tertiary/aromatic N) is 3. The van der Waals surface area contributed by atoms with Crippen molar-refractivity contribution in [1.29, 1.82) is 0 Å². The zero-order valence-electron chi connectivity index (χ0n) is 20.5. The molecular formula is C24H22ClF2N5O5S. The van der Waals surface area contributed by atoms with Crippen molar-refractivity contribution in [1.82, 2.24) is 19.5 Å². The van der Waals surface area contributed by atoms with Gasteiger partial charge in [0, 0.05) is 17.3 Å². The second-order valence-electron chi connectivity index (χ2n) is 8.70. The van der Waals surface area contributed by atoms with E-state index in [1.807, 2.05) is 4.72 Å². The van der Waals surface area contributed by atoms with Crippen molar-refractivity contribution >= 4 is 44.2 Å². The molecule has 200 valence electrons. The average molecular weight is 566 g/mol. The van der Waals surface area contributed by atoms with Gasteiger partial charge in [-0.05, 0) is 44.5 Å². The molecule has 0 aliphatic carbocycles. The SMILES string of the molecule is Cc1cc([C@@H](C)Nc2ccc(Cl)nc2C(=O)NS(C)(=O)=O)c2oc(-c3cnn(C(F)F)c3)c(C)c(=O)c2c1. The van der Waals surface area contributed by atoms with Crippen LogP contribution in [0.1, 0.15) is 46.7 Å². The maximum absolute atomic E-state index is 13.3. The summed E-state index contributed by atoms with van der Waals surface area (Å²) < 4.78 is 57.8. The monoisotopic (exact) mass is 565 g/mol. The number of fused-ring (bicyclic) bond motifs is 1. The lowest BCUT2D eigenvalue weighted by Crippen LogP contribution is -2.31. The predicted octanol–water partition coefficient (Wildman–Crippen LogP) is 4.58. The normalized spacial score (nSPS) is 12.6. The van der Waals surface area contributed by atoms with E-state index in [9.17, 15) is 26.8 Å². The molecule has 3 heterocycles. The van der Waals surface area contributed by atoms with Crippen LogP contribution in [-0.4, -0.2) is 35.3 Å². The quantitative estimate of drug-likeness (QED) is 0.311. The molecule has 0 aliphatic rings.